The predicted octanol–water partition coefficient (Wildman–Crippen LogP) is 1.70. The van der Waals surface area contributed by atoms with Gasteiger partial charge in [-0.05, 0) is 31.8 Å². The molecule has 1 saturated heterocycles. The van der Waals surface area contributed by atoms with Gasteiger partial charge in [0, 0.05) is 32.2 Å². The highest BCUT2D eigenvalue weighted by Gasteiger charge is 2.19. The van der Waals surface area contributed by atoms with Crippen LogP contribution in [0, 0.1) is 5.41 Å². The first-order valence-electron chi connectivity index (χ1n) is 7.17. The minimum Gasteiger partial charge on any atom is -0.316 e. The molecule has 1 atom stereocenters. The van der Waals surface area contributed by atoms with E-state index in [0.717, 1.165) is 26.2 Å². The highest BCUT2D eigenvalue weighted by atomic mass is 15.2. The predicted molar refractivity (Wildman–Crippen MR) is 75.5 cm³/mol. The standard InChI is InChI=1S/C14H31N3/c1-5-7-14(2,3)12-16-8-6-13-11-15-9-10-17(13)4/h13,15-16H,5-12H2,1-4H3. The van der Waals surface area contributed by atoms with Crippen LogP contribution in [-0.4, -0.2) is 50.7 Å². The zero-order chi connectivity index (χ0) is 12.7. The highest BCUT2D eigenvalue weighted by molar-refractivity contribution is 4.78. The van der Waals surface area contributed by atoms with E-state index in [2.05, 4.69) is 43.4 Å². The van der Waals surface area contributed by atoms with Crippen molar-refractivity contribution in [2.45, 2.75) is 46.1 Å². The molecule has 3 heteroatoms. The summed E-state index contributed by atoms with van der Waals surface area (Å²) < 4.78 is 0. The number of likely N-dealkylation sites (N-methyl/N-ethyl adjacent to an activating group) is 1. The lowest BCUT2D eigenvalue weighted by Crippen LogP contribution is -2.50. The summed E-state index contributed by atoms with van der Waals surface area (Å²) in [4.78, 5) is 2.48. The van der Waals surface area contributed by atoms with Crippen LogP contribution in [0.1, 0.15) is 40.0 Å². The third-order valence-electron chi connectivity index (χ3n) is 3.83. The summed E-state index contributed by atoms with van der Waals surface area (Å²) in [5.41, 5.74) is 0.450. The van der Waals surface area contributed by atoms with Crippen LogP contribution in [0.5, 0.6) is 0 Å². The molecule has 3 nitrogen and oxygen atoms in total. The average Bonchev–Trinajstić information content (AvgIpc) is 2.26. The van der Waals surface area contributed by atoms with Crippen molar-refractivity contribution in [3.8, 4) is 0 Å². The fourth-order valence-corrected chi connectivity index (χ4v) is 2.65. The summed E-state index contributed by atoms with van der Waals surface area (Å²) in [6.07, 6.45) is 3.85. The quantitative estimate of drug-likeness (QED) is 0.664. The Bertz CT molecular complexity index is 204. The van der Waals surface area contributed by atoms with Crippen molar-refractivity contribution in [2.75, 3.05) is 39.8 Å². The van der Waals surface area contributed by atoms with E-state index >= 15 is 0 Å². The molecule has 1 aliphatic heterocycles. The van der Waals surface area contributed by atoms with Gasteiger partial charge in [0.25, 0.3) is 0 Å². The van der Waals surface area contributed by atoms with Crippen molar-refractivity contribution in [3.63, 3.8) is 0 Å². The van der Waals surface area contributed by atoms with Gasteiger partial charge in [0.05, 0.1) is 0 Å². The molecule has 0 aliphatic carbocycles. The van der Waals surface area contributed by atoms with E-state index in [0.29, 0.717) is 11.5 Å². The summed E-state index contributed by atoms with van der Waals surface area (Å²) in [6, 6.07) is 0.713. The molecule has 0 saturated carbocycles. The Balaban J connectivity index is 2.10. The average molecular weight is 241 g/mol. The molecule has 0 bridgehead atoms. The van der Waals surface area contributed by atoms with Gasteiger partial charge in [0.1, 0.15) is 0 Å². The van der Waals surface area contributed by atoms with Crippen LogP contribution < -0.4 is 10.6 Å². The normalized spacial score (nSPS) is 22.9. The van der Waals surface area contributed by atoms with Gasteiger partial charge in [-0.3, -0.25) is 0 Å². The van der Waals surface area contributed by atoms with Gasteiger partial charge in [-0.25, -0.2) is 0 Å². The summed E-state index contributed by atoms with van der Waals surface area (Å²) in [6.45, 7) is 12.8. The molecule has 17 heavy (non-hydrogen) atoms. The molecular formula is C14H31N3. The third kappa shape index (κ3) is 5.84. The third-order valence-corrected chi connectivity index (χ3v) is 3.83. The Hall–Kier alpha value is -0.120. The number of nitrogens with zero attached hydrogens (tertiary/aromatic N) is 1. The van der Waals surface area contributed by atoms with Crippen LogP contribution in [0.15, 0.2) is 0 Å². The molecule has 1 aliphatic rings. The van der Waals surface area contributed by atoms with Crippen LogP contribution in [0.2, 0.25) is 0 Å². The molecule has 1 fully saturated rings. The molecule has 102 valence electrons. The van der Waals surface area contributed by atoms with Crippen molar-refractivity contribution in [3.05, 3.63) is 0 Å². The first-order valence-corrected chi connectivity index (χ1v) is 7.17. The molecule has 1 unspecified atom stereocenters. The number of nitrogens with one attached hydrogen (secondary N) is 2. The SMILES string of the molecule is CCCC(C)(C)CNCCC1CNCCN1C. The molecule has 0 spiro atoms. The van der Waals surface area contributed by atoms with E-state index < -0.39 is 0 Å². The lowest BCUT2D eigenvalue weighted by molar-refractivity contribution is 0.187. The molecule has 0 amide bonds. The van der Waals surface area contributed by atoms with Crippen LogP contribution in [0.4, 0.5) is 0 Å². The number of hydrogen-bond acceptors (Lipinski definition) is 3. The van der Waals surface area contributed by atoms with Gasteiger partial charge in [0.2, 0.25) is 0 Å². The maximum absolute atomic E-state index is 3.62. The van der Waals surface area contributed by atoms with Crippen LogP contribution >= 0.6 is 0 Å². The van der Waals surface area contributed by atoms with Crippen molar-refractivity contribution < 1.29 is 0 Å². The van der Waals surface area contributed by atoms with Crippen molar-refractivity contribution in [1.82, 2.24) is 15.5 Å². The van der Waals surface area contributed by atoms with Crippen molar-refractivity contribution in [1.29, 1.82) is 0 Å². The van der Waals surface area contributed by atoms with E-state index in [4.69, 9.17) is 0 Å². The van der Waals surface area contributed by atoms with E-state index in [1.807, 2.05) is 0 Å². The zero-order valence-electron chi connectivity index (χ0n) is 12.2. The van der Waals surface area contributed by atoms with Gasteiger partial charge in [0.15, 0.2) is 0 Å². The van der Waals surface area contributed by atoms with E-state index in [1.165, 1.54) is 25.8 Å². The monoisotopic (exact) mass is 241 g/mol. The molecule has 1 rings (SSSR count). The Morgan fingerprint density at radius 1 is 1.41 bits per heavy atom. The lowest BCUT2D eigenvalue weighted by atomic mass is 9.88. The zero-order valence-corrected chi connectivity index (χ0v) is 12.2. The van der Waals surface area contributed by atoms with Crippen LogP contribution in [0.25, 0.3) is 0 Å². The number of rotatable bonds is 7. The highest BCUT2D eigenvalue weighted by Crippen LogP contribution is 2.20. The number of hydrogen-bond donors (Lipinski definition) is 2. The summed E-state index contributed by atoms with van der Waals surface area (Å²) in [5, 5.41) is 7.10. The topological polar surface area (TPSA) is 27.3 Å². The maximum atomic E-state index is 3.62. The molecule has 2 N–H and O–H groups in total. The van der Waals surface area contributed by atoms with Crippen LogP contribution in [0.3, 0.4) is 0 Å². The minimum absolute atomic E-state index is 0.450. The van der Waals surface area contributed by atoms with Gasteiger partial charge in [-0.15, -0.1) is 0 Å². The maximum Gasteiger partial charge on any atom is 0.0230 e. The second kappa shape index (κ2) is 7.34. The summed E-state index contributed by atoms with van der Waals surface area (Å²) in [5.74, 6) is 0. The Morgan fingerprint density at radius 3 is 2.82 bits per heavy atom. The summed E-state index contributed by atoms with van der Waals surface area (Å²) in [7, 11) is 2.24. The summed E-state index contributed by atoms with van der Waals surface area (Å²) >= 11 is 0. The van der Waals surface area contributed by atoms with E-state index in [9.17, 15) is 0 Å². The minimum atomic E-state index is 0.450. The molecular weight excluding hydrogens is 210 g/mol. The fraction of sp³-hybridized carbons (Fsp3) is 1.00. The Kier molecular flexibility index (Phi) is 6.45. The van der Waals surface area contributed by atoms with E-state index in [-0.39, 0.29) is 0 Å². The first-order chi connectivity index (χ1) is 8.05. The van der Waals surface area contributed by atoms with Gasteiger partial charge in [-0.1, -0.05) is 27.2 Å². The second-order valence-corrected chi connectivity index (χ2v) is 6.22. The Morgan fingerprint density at radius 2 is 2.18 bits per heavy atom. The van der Waals surface area contributed by atoms with Crippen LogP contribution in [-0.2, 0) is 0 Å². The lowest BCUT2D eigenvalue weighted by Gasteiger charge is -2.33. The molecule has 0 aromatic rings. The molecule has 0 aromatic carbocycles. The molecule has 1 heterocycles. The largest absolute Gasteiger partial charge is 0.316 e. The first kappa shape index (κ1) is 14.9. The number of piperazine rings is 1. The van der Waals surface area contributed by atoms with Crippen molar-refractivity contribution in [2.24, 2.45) is 5.41 Å². The van der Waals surface area contributed by atoms with Crippen molar-refractivity contribution >= 4 is 0 Å². The smallest absolute Gasteiger partial charge is 0.0230 e. The van der Waals surface area contributed by atoms with Gasteiger partial charge < -0.3 is 15.5 Å². The second-order valence-electron chi connectivity index (χ2n) is 6.22. The van der Waals surface area contributed by atoms with Gasteiger partial charge >= 0.3 is 0 Å². The molecule has 0 radical (unpaired) electrons. The molecule has 0 aromatic heterocycles. The fourth-order valence-electron chi connectivity index (χ4n) is 2.65. The Labute approximate surface area is 107 Å². The van der Waals surface area contributed by atoms with E-state index in [1.54, 1.807) is 0 Å². The van der Waals surface area contributed by atoms with Gasteiger partial charge in [-0.2, -0.15) is 0 Å².